The van der Waals surface area contributed by atoms with Crippen molar-refractivity contribution in [1.29, 1.82) is 0 Å². The van der Waals surface area contributed by atoms with Gasteiger partial charge in [0.15, 0.2) is 9.84 Å². The van der Waals surface area contributed by atoms with Crippen LogP contribution in [0, 0.1) is 11.8 Å². The molecule has 1 fully saturated rings. The van der Waals surface area contributed by atoms with E-state index in [0.29, 0.717) is 29.2 Å². The third-order valence-electron chi connectivity index (χ3n) is 7.00. The van der Waals surface area contributed by atoms with Crippen molar-refractivity contribution in [1.82, 2.24) is 14.8 Å². The maximum Gasteiger partial charge on any atom is 0.260 e. The molecule has 0 radical (unpaired) electrons. The third kappa shape index (κ3) is 3.83. The summed E-state index contributed by atoms with van der Waals surface area (Å²) in [6.45, 7) is 2.45. The van der Waals surface area contributed by atoms with Gasteiger partial charge in [0.05, 0.1) is 23.1 Å². The molecule has 1 aromatic rings. The van der Waals surface area contributed by atoms with Crippen LogP contribution < -0.4 is 10.9 Å². The van der Waals surface area contributed by atoms with E-state index in [1.807, 2.05) is 12.1 Å². The lowest BCUT2D eigenvalue weighted by atomic mass is 9.83. The zero-order valence-electron chi connectivity index (χ0n) is 18.9. The van der Waals surface area contributed by atoms with Crippen LogP contribution in [-0.4, -0.2) is 62.7 Å². The average molecular weight is 458 g/mol. The minimum absolute atomic E-state index is 0.0918. The number of nitrogens with one attached hydrogen (secondary N) is 1. The number of fused-ring (bicyclic) bond motifs is 2. The van der Waals surface area contributed by atoms with Crippen LogP contribution in [0.1, 0.15) is 30.4 Å². The van der Waals surface area contributed by atoms with Gasteiger partial charge in [-0.25, -0.2) is 8.42 Å². The molecule has 0 saturated heterocycles. The van der Waals surface area contributed by atoms with Gasteiger partial charge in [-0.15, -0.1) is 0 Å². The number of rotatable bonds is 7. The molecule has 8 heteroatoms. The Labute approximate surface area is 189 Å². The predicted molar refractivity (Wildman–Crippen MR) is 126 cm³/mol. The number of aryl methyl sites for hydroxylation is 1. The number of aromatic nitrogens is 1. The lowest BCUT2D eigenvalue weighted by molar-refractivity contribution is 0.148. The number of nitrogens with zero attached hydrogens (tertiary/aromatic N) is 2. The van der Waals surface area contributed by atoms with Crippen molar-refractivity contribution < 1.29 is 13.2 Å². The average Bonchev–Trinajstić information content (AvgIpc) is 3.49. The van der Waals surface area contributed by atoms with Crippen LogP contribution in [0.5, 0.6) is 0 Å². The number of ether oxygens (including phenoxy) is 1. The lowest BCUT2D eigenvalue weighted by Gasteiger charge is -2.39. The monoisotopic (exact) mass is 457 g/mol. The minimum atomic E-state index is -3.28. The highest BCUT2D eigenvalue weighted by Crippen LogP contribution is 2.46. The van der Waals surface area contributed by atoms with Crippen molar-refractivity contribution in [3.8, 4) is 0 Å². The highest BCUT2D eigenvalue weighted by atomic mass is 32.2. The number of sulfone groups is 1. The Balaban J connectivity index is 1.71. The summed E-state index contributed by atoms with van der Waals surface area (Å²) in [5.74, 6) is 0.976. The molecular weight excluding hydrogens is 426 g/mol. The van der Waals surface area contributed by atoms with E-state index in [4.69, 9.17) is 4.74 Å². The second-order valence-corrected chi connectivity index (χ2v) is 11.8. The van der Waals surface area contributed by atoms with E-state index >= 15 is 0 Å². The first-order valence-electron chi connectivity index (χ1n) is 11.3. The molecule has 0 bridgehead atoms. The molecule has 1 aromatic heterocycles. The first-order chi connectivity index (χ1) is 15.3. The van der Waals surface area contributed by atoms with Crippen molar-refractivity contribution in [2.75, 3.05) is 38.8 Å². The molecule has 4 aliphatic rings. The molecule has 2 unspecified atom stereocenters. The number of pyridine rings is 1. The van der Waals surface area contributed by atoms with E-state index < -0.39 is 9.84 Å². The molecule has 2 atom stereocenters. The minimum Gasteiger partial charge on any atom is -0.385 e. The summed E-state index contributed by atoms with van der Waals surface area (Å²) in [6, 6.07) is 2.04. The molecule has 1 saturated carbocycles. The van der Waals surface area contributed by atoms with Crippen molar-refractivity contribution in [3.63, 3.8) is 0 Å². The molecular formula is C24H31N3O4S. The van der Waals surface area contributed by atoms with Crippen LogP contribution in [0.4, 0.5) is 0 Å². The number of hydrogen-bond donors (Lipinski definition) is 1. The van der Waals surface area contributed by atoms with E-state index in [0.717, 1.165) is 42.3 Å². The van der Waals surface area contributed by atoms with Crippen molar-refractivity contribution in [2.45, 2.75) is 25.3 Å². The first kappa shape index (κ1) is 21.5. The number of hydrogen-bond acceptors (Lipinski definition) is 6. The summed E-state index contributed by atoms with van der Waals surface area (Å²) in [4.78, 5) is 15.8. The van der Waals surface area contributed by atoms with Gasteiger partial charge in [-0.05, 0) is 54.0 Å². The fraction of sp³-hybridized carbons (Fsp3) is 0.542. The molecule has 0 amide bonds. The van der Waals surface area contributed by atoms with Crippen LogP contribution in [0.15, 0.2) is 40.5 Å². The molecule has 1 N–H and O–H groups in total. The SMILES string of the molecule is COCCC1CNC2=C3C(=CN(CC4CC4)C31)C=C(CS(C)(=O)=O)c1ccn(C)c(=O)c12. The first-order valence-corrected chi connectivity index (χ1v) is 13.4. The Morgan fingerprint density at radius 2 is 2.06 bits per heavy atom. The van der Waals surface area contributed by atoms with Gasteiger partial charge in [0.1, 0.15) is 0 Å². The summed E-state index contributed by atoms with van der Waals surface area (Å²) in [7, 11) is 0.195. The van der Waals surface area contributed by atoms with Gasteiger partial charge < -0.3 is 19.5 Å². The lowest BCUT2D eigenvalue weighted by Crippen LogP contribution is -2.46. The van der Waals surface area contributed by atoms with Gasteiger partial charge in [-0.1, -0.05) is 0 Å². The standard InChI is InChI=1S/C24H31N3O4S/c1-26-8-6-19-18(14-32(3,29)30)10-17-13-27(12-15-4-5-15)23-16(7-9-31-2)11-25-22(20(17)23)21(19)24(26)28/h6,8,10,13,15-16,23,25H,4-5,7,9,11-12,14H2,1-3H3. The van der Waals surface area contributed by atoms with Crippen LogP contribution in [0.3, 0.4) is 0 Å². The Bertz CT molecular complexity index is 1200. The largest absolute Gasteiger partial charge is 0.385 e. The molecule has 2 aliphatic heterocycles. The summed E-state index contributed by atoms with van der Waals surface area (Å²) >= 11 is 0. The number of methoxy groups -OCH3 is 1. The Hall–Kier alpha value is -2.32. The van der Waals surface area contributed by atoms with Crippen molar-refractivity contribution >= 4 is 21.1 Å². The highest BCUT2D eigenvalue weighted by molar-refractivity contribution is 7.91. The molecule has 3 heterocycles. The molecule has 5 rings (SSSR count). The van der Waals surface area contributed by atoms with Crippen LogP contribution in [0.25, 0.3) is 11.3 Å². The van der Waals surface area contributed by atoms with Gasteiger partial charge >= 0.3 is 0 Å². The Morgan fingerprint density at radius 3 is 2.75 bits per heavy atom. The summed E-state index contributed by atoms with van der Waals surface area (Å²) in [5, 5.41) is 3.58. The Morgan fingerprint density at radius 1 is 1.28 bits per heavy atom. The Kier molecular flexibility index (Phi) is 5.33. The van der Waals surface area contributed by atoms with E-state index in [1.165, 1.54) is 19.1 Å². The molecule has 0 aromatic carbocycles. The van der Waals surface area contributed by atoms with E-state index in [2.05, 4.69) is 16.4 Å². The van der Waals surface area contributed by atoms with Gasteiger partial charge in [0.25, 0.3) is 5.56 Å². The molecule has 0 spiro atoms. The van der Waals surface area contributed by atoms with E-state index in [1.54, 1.807) is 24.9 Å². The molecule has 172 valence electrons. The van der Waals surface area contributed by atoms with Crippen molar-refractivity contribution in [3.05, 3.63) is 57.2 Å². The van der Waals surface area contributed by atoms with Gasteiger partial charge in [-0.2, -0.15) is 0 Å². The fourth-order valence-electron chi connectivity index (χ4n) is 5.34. The maximum absolute atomic E-state index is 13.3. The maximum atomic E-state index is 13.3. The van der Waals surface area contributed by atoms with Crippen LogP contribution in [-0.2, 0) is 21.6 Å². The zero-order valence-corrected chi connectivity index (χ0v) is 19.7. The quantitative estimate of drug-likeness (QED) is 0.672. The zero-order chi connectivity index (χ0) is 22.6. The van der Waals surface area contributed by atoms with Crippen LogP contribution >= 0.6 is 0 Å². The smallest absolute Gasteiger partial charge is 0.260 e. The normalized spacial score (nSPS) is 24.4. The number of allylic oxidation sites excluding steroid dienone is 1. The van der Waals surface area contributed by atoms with Crippen molar-refractivity contribution in [2.24, 2.45) is 18.9 Å². The summed E-state index contributed by atoms with van der Waals surface area (Å²) < 4.78 is 31.5. The second-order valence-electron chi connectivity index (χ2n) is 9.64. The summed E-state index contributed by atoms with van der Waals surface area (Å²) in [6.07, 6.45) is 10.6. The summed E-state index contributed by atoms with van der Waals surface area (Å²) in [5.41, 5.74) is 4.90. The molecule has 2 aliphatic carbocycles. The fourth-order valence-corrected chi connectivity index (χ4v) is 6.15. The topological polar surface area (TPSA) is 80.6 Å². The second kappa shape index (κ2) is 7.92. The van der Waals surface area contributed by atoms with Gasteiger partial charge in [0, 0.05) is 64.0 Å². The molecule has 7 nitrogen and oxygen atoms in total. The predicted octanol–water partition coefficient (Wildman–Crippen LogP) is 1.77. The van der Waals surface area contributed by atoms with Gasteiger partial charge in [-0.3, -0.25) is 4.79 Å². The van der Waals surface area contributed by atoms with E-state index in [9.17, 15) is 13.2 Å². The third-order valence-corrected chi connectivity index (χ3v) is 7.83. The molecule has 32 heavy (non-hydrogen) atoms. The van der Waals surface area contributed by atoms with Gasteiger partial charge in [0.2, 0.25) is 0 Å². The van der Waals surface area contributed by atoms with Crippen LogP contribution in [0.2, 0.25) is 0 Å². The highest BCUT2D eigenvalue weighted by Gasteiger charge is 2.44. The van der Waals surface area contributed by atoms with E-state index in [-0.39, 0.29) is 17.4 Å².